The summed E-state index contributed by atoms with van der Waals surface area (Å²) in [4.78, 5) is 31.5. The predicted molar refractivity (Wildman–Crippen MR) is 318 cm³/mol. The van der Waals surface area contributed by atoms with Gasteiger partial charge in [-0.15, -0.1) is 0 Å². The van der Waals surface area contributed by atoms with Gasteiger partial charge in [0.2, 0.25) is 0 Å². The topological polar surface area (TPSA) is 74.4 Å². The summed E-state index contributed by atoms with van der Waals surface area (Å²) < 4.78 is 0. The van der Waals surface area contributed by atoms with Gasteiger partial charge in [0.15, 0.2) is 0 Å². The second kappa shape index (κ2) is 18.2. The van der Waals surface area contributed by atoms with E-state index in [1.54, 1.807) is 0 Å². The molecule has 3 aromatic heterocycles. The van der Waals surface area contributed by atoms with Crippen molar-refractivity contribution in [2.45, 2.75) is 157 Å². The third-order valence-corrected chi connectivity index (χ3v) is 15.0. The number of fused-ring (bicyclic) bond motifs is 8. The smallest absolute Gasteiger partial charge is 0.150 e. The number of H-pyrrole nitrogens is 2. The number of nitrogens with zero attached hydrogens (tertiary/aromatic N) is 2. The van der Waals surface area contributed by atoms with Crippen molar-refractivity contribution in [2.75, 3.05) is 0 Å². The zero-order chi connectivity index (χ0) is 53.7. The zero-order valence-electron chi connectivity index (χ0n) is 47.5. The molecule has 0 fully saturated rings. The van der Waals surface area contributed by atoms with Crippen molar-refractivity contribution in [1.82, 2.24) is 19.9 Å². The van der Waals surface area contributed by atoms with Gasteiger partial charge in [-0.1, -0.05) is 203 Å². The summed E-state index contributed by atoms with van der Waals surface area (Å²) in [5, 5.41) is 0. The summed E-state index contributed by atoms with van der Waals surface area (Å²) >= 11 is 0. The van der Waals surface area contributed by atoms with Crippen LogP contribution in [-0.4, -0.2) is 26.2 Å². The lowest BCUT2D eigenvalue weighted by Gasteiger charge is -2.26. The summed E-state index contributed by atoms with van der Waals surface area (Å²) in [5.74, 6) is 0. The molecule has 0 radical (unpaired) electrons. The third-order valence-electron chi connectivity index (χ3n) is 15.0. The number of nitrogens with one attached hydrogen (secondary N) is 2. The van der Waals surface area contributed by atoms with E-state index in [1.165, 1.54) is 33.4 Å². The molecule has 74 heavy (non-hydrogen) atoms. The number of aldehydes is 1. The molecule has 0 aliphatic carbocycles. The van der Waals surface area contributed by atoms with Crippen molar-refractivity contribution < 1.29 is 4.79 Å². The fourth-order valence-corrected chi connectivity index (χ4v) is 10.1. The van der Waals surface area contributed by atoms with Crippen molar-refractivity contribution in [1.29, 1.82) is 0 Å². The average molecular weight is 979 g/mol. The second-order valence-corrected chi connectivity index (χ2v) is 27.1. The quantitative estimate of drug-likeness (QED) is 0.169. The van der Waals surface area contributed by atoms with Crippen LogP contribution in [0.2, 0.25) is 0 Å². The highest BCUT2D eigenvalue weighted by atomic mass is 16.1. The van der Waals surface area contributed by atoms with Crippen LogP contribution in [0.4, 0.5) is 0 Å². The molecule has 0 spiro atoms. The summed E-state index contributed by atoms with van der Waals surface area (Å²) in [6, 6.07) is 38.1. The Kier molecular flexibility index (Phi) is 12.8. The summed E-state index contributed by atoms with van der Waals surface area (Å²) in [6.45, 7) is 41.4. The maximum absolute atomic E-state index is 12.0. The molecule has 0 amide bonds. The molecule has 9 rings (SSSR count). The summed E-state index contributed by atoms with van der Waals surface area (Å²) in [5.41, 5.74) is 23.2. The maximum Gasteiger partial charge on any atom is 0.150 e. The van der Waals surface area contributed by atoms with Gasteiger partial charge in [0.05, 0.1) is 22.8 Å². The van der Waals surface area contributed by atoms with Gasteiger partial charge in [0, 0.05) is 49.9 Å². The van der Waals surface area contributed by atoms with E-state index >= 15 is 0 Å². The van der Waals surface area contributed by atoms with Gasteiger partial charge >= 0.3 is 0 Å². The largest absolute Gasteiger partial charge is 0.354 e. The number of rotatable bonds is 5. The number of aromatic nitrogens is 4. The van der Waals surface area contributed by atoms with E-state index in [0.717, 1.165) is 95.6 Å². The lowest BCUT2D eigenvalue weighted by Crippen LogP contribution is -2.16. The minimum atomic E-state index is -0.108. The second-order valence-electron chi connectivity index (χ2n) is 27.1. The number of hydrogen-bond acceptors (Lipinski definition) is 3. The molecule has 0 unspecified atom stereocenters. The van der Waals surface area contributed by atoms with Crippen LogP contribution in [-0.2, 0) is 32.5 Å². The Morgan fingerprint density at radius 3 is 0.757 bits per heavy atom. The van der Waals surface area contributed by atoms with E-state index in [4.69, 9.17) is 9.97 Å². The monoisotopic (exact) mass is 979 g/mol. The SMILES string of the molecule is CC(C)(C)c1cc(-c2c3nc(c(-c4cc(C(C)(C)C)cc(C(C)(C)C)c4)c4ccc([nH]4)c(-c4cc(C(C)(C)C)cc(C(C)(C)C)c4)c4nc(c(-c5ccc(C=O)cc5)c5ccc2[nH]5)C=C4)C=C3)cc(C(C)(C)C)c1. The van der Waals surface area contributed by atoms with Crippen LogP contribution in [0.15, 0.2) is 103 Å². The van der Waals surface area contributed by atoms with Crippen molar-refractivity contribution in [3.8, 4) is 44.5 Å². The molecule has 4 aromatic carbocycles. The van der Waals surface area contributed by atoms with Gasteiger partial charge in [-0.05, 0) is 137 Å². The van der Waals surface area contributed by atoms with Crippen molar-refractivity contribution in [3.05, 3.63) is 165 Å². The molecular formula is C69H78N4O. The van der Waals surface area contributed by atoms with E-state index in [2.05, 4.69) is 238 Å². The number of benzene rings is 4. The number of aromatic amines is 2. The first-order valence-electron chi connectivity index (χ1n) is 26.6. The Balaban J connectivity index is 1.53. The van der Waals surface area contributed by atoms with Crippen molar-refractivity contribution in [3.63, 3.8) is 0 Å². The van der Waals surface area contributed by atoms with E-state index in [1.807, 2.05) is 24.3 Å². The van der Waals surface area contributed by atoms with Crippen LogP contribution in [0.5, 0.6) is 0 Å². The Morgan fingerprint density at radius 1 is 0.311 bits per heavy atom. The molecule has 0 atom stereocenters. The van der Waals surface area contributed by atoms with Gasteiger partial charge in [-0.2, -0.15) is 0 Å². The lowest BCUT2D eigenvalue weighted by atomic mass is 9.78. The van der Waals surface area contributed by atoms with Gasteiger partial charge < -0.3 is 9.97 Å². The predicted octanol–water partition coefficient (Wildman–Crippen LogP) is 18.9. The first-order valence-corrected chi connectivity index (χ1v) is 26.6. The lowest BCUT2D eigenvalue weighted by molar-refractivity contribution is 0.112. The van der Waals surface area contributed by atoms with Crippen molar-refractivity contribution >= 4 is 52.7 Å². The molecule has 2 aliphatic rings. The molecule has 5 nitrogen and oxygen atoms in total. The Bertz CT molecular complexity index is 3430. The van der Waals surface area contributed by atoms with Crippen LogP contribution in [0, 0.1) is 0 Å². The van der Waals surface area contributed by atoms with Crippen LogP contribution in [0.1, 0.15) is 191 Å². The molecule has 2 aliphatic heterocycles. The number of hydrogen-bond donors (Lipinski definition) is 2. The Labute approximate surface area is 441 Å². The first kappa shape index (κ1) is 52.0. The zero-order valence-corrected chi connectivity index (χ0v) is 47.5. The molecule has 380 valence electrons. The molecule has 5 heterocycles. The Hall–Kier alpha value is -6.85. The fraction of sp³-hybridized carbons (Fsp3) is 0.348. The molecule has 5 heteroatoms. The Morgan fingerprint density at radius 2 is 0.541 bits per heavy atom. The van der Waals surface area contributed by atoms with Gasteiger partial charge in [0.25, 0.3) is 0 Å². The number of carbonyl (C=O) groups excluding carboxylic acids is 1. The highest BCUT2D eigenvalue weighted by molar-refractivity contribution is 6.00. The first-order chi connectivity index (χ1) is 34.4. The summed E-state index contributed by atoms with van der Waals surface area (Å²) in [6.07, 6.45) is 9.66. The minimum Gasteiger partial charge on any atom is -0.354 e. The summed E-state index contributed by atoms with van der Waals surface area (Å²) in [7, 11) is 0. The van der Waals surface area contributed by atoms with Crippen molar-refractivity contribution in [2.24, 2.45) is 0 Å². The molecule has 7 aromatic rings. The highest BCUT2D eigenvalue weighted by Gasteiger charge is 2.28. The molecule has 0 saturated heterocycles. The van der Waals surface area contributed by atoms with E-state index in [0.29, 0.717) is 5.56 Å². The number of carbonyl (C=O) groups is 1. The standard InChI is InChI=1S/C69H78N4O/c1-64(2,3)46-31-43(32-47(37-46)65(4,5)6)61-54-25-23-52(70-54)60(42-21-19-41(40-74)20-22-42)53-24-26-55(71-53)62(44-33-48(66(7,8)9)38-49(34-44)67(10,11)12)57-28-30-59(73-57)63(58-29-27-56(61)72-58)45-35-50(68(13,14)15)39-51(36-45)69(16,17)18/h19-40,70,73H,1-18H3. The van der Waals surface area contributed by atoms with Crippen LogP contribution in [0.3, 0.4) is 0 Å². The molecule has 0 saturated carbocycles. The minimum absolute atomic E-state index is 0.104. The van der Waals surface area contributed by atoms with Gasteiger partial charge in [0.1, 0.15) is 6.29 Å². The third kappa shape index (κ3) is 10.3. The maximum atomic E-state index is 12.0. The van der Waals surface area contributed by atoms with Gasteiger partial charge in [-0.3, -0.25) is 4.79 Å². The van der Waals surface area contributed by atoms with E-state index in [9.17, 15) is 4.79 Å². The highest BCUT2D eigenvalue weighted by Crippen LogP contribution is 2.44. The molecular weight excluding hydrogens is 901 g/mol. The molecule has 8 bridgehead atoms. The fourth-order valence-electron chi connectivity index (χ4n) is 10.1. The van der Waals surface area contributed by atoms with Crippen LogP contribution >= 0.6 is 0 Å². The van der Waals surface area contributed by atoms with Crippen LogP contribution < -0.4 is 0 Å². The molecule has 2 N–H and O–H groups in total. The van der Waals surface area contributed by atoms with Crippen LogP contribution in [0.25, 0.3) is 90.9 Å². The normalized spacial score (nSPS) is 13.5. The van der Waals surface area contributed by atoms with E-state index < -0.39 is 0 Å². The van der Waals surface area contributed by atoms with E-state index in [-0.39, 0.29) is 32.5 Å². The van der Waals surface area contributed by atoms with Gasteiger partial charge in [-0.25, -0.2) is 9.97 Å². The average Bonchev–Trinajstić information content (AvgIpc) is 4.16.